The second-order valence-electron chi connectivity index (χ2n) is 4.14. The number of nitrogen functional groups attached to an aromatic ring is 1. The molecule has 0 spiro atoms. The molecule has 0 saturated carbocycles. The van der Waals surface area contributed by atoms with Gasteiger partial charge >= 0.3 is 0 Å². The van der Waals surface area contributed by atoms with Gasteiger partial charge in [-0.15, -0.1) is 11.3 Å². The minimum Gasteiger partial charge on any atom is -0.396 e. The van der Waals surface area contributed by atoms with E-state index in [0.717, 1.165) is 17.6 Å². The van der Waals surface area contributed by atoms with Crippen LogP contribution in [-0.4, -0.2) is 40.3 Å². The summed E-state index contributed by atoms with van der Waals surface area (Å²) < 4.78 is 28.5. The van der Waals surface area contributed by atoms with Gasteiger partial charge in [-0.25, -0.2) is 8.42 Å². The largest absolute Gasteiger partial charge is 0.396 e. The van der Waals surface area contributed by atoms with E-state index in [1.54, 1.807) is 0 Å². The van der Waals surface area contributed by atoms with Gasteiger partial charge in [0.1, 0.15) is 14.8 Å². The molecule has 0 aliphatic heterocycles. The number of hydrogen-bond donors (Lipinski definition) is 3. The molecule has 5 N–H and O–H groups in total. The van der Waals surface area contributed by atoms with Crippen LogP contribution >= 0.6 is 11.3 Å². The summed E-state index contributed by atoms with van der Waals surface area (Å²) in [4.78, 5) is 11.2. The number of amides is 1. The maximum atomic E-state index is 11.8. The molecule has 0 fully saturated rings. The van der Waals surface area contributed by atoms with Crippen LogP contribution in [0.1, 0.15) is 16.6 Å². The Balaban J connectivity index is 3.30. The fourth-order valence-electron chi connectivity index (χ4n) is 1.59. The molecule has 9 heteroatoms. The molecule has 1 unspecified atom stereocenters. The van der Waals surface area contributed by atoms with Crippen molar-refractivity contribution in [1.82, 2.24) is 0 Å². The highest BCUT2D eigenvalue weighted by Gasteiger charge is 2.26. The van der Waals surface area contributed by atoms with E-state index in [1.807, 2.05) is 6.92 Å². The first-order valence-electron chi connectivity index (χ1n) is 5.36. The van der Waals surface area contributed by atoms with E-state index in [0.29, 0.717) is 11.6 Å². The van der Waals surface area contributed by atoms with Gasteiger partial charge in [0.05, 0.1) is 12.3 Å². The number of carbonyl (C=O) groups is 1. The third kappa shape index (κ3) is 3.58. The summed E-state index contributed by atoms with van der Waals surface area (Å²) in [6.45, 7) is 2.20. The number of anilines is 2. The molecule has 0 radical (unpaired) electrons. The van der Waals surface area contributed by atoms with Gasteiger partial charge in [0.2, 0.25) is 0 Å². The Morgan fingerprint density at radius 1 is 1.53 bits per heavy atom. The van der Waals surface area contributed by atoms with Gasteiger partial charge in [-0.1, -0.05) is 0 Å². The Morgan fingerprint density at radius 2 is 2.11 bits per heavy atom. The Morgan fingerprint density at radius 3 is 2.53 bits per heavy atom. The van der Waals surface area contributed by atoms with Gasteiger partial charge in [0, 0.05) is 19.4 Å². The predicted octanol–water partition coefficient (Wildman–Crippen LogP) is 0.280. The first-order chi connectivity index (χ1) is 8.68. The lowest BCUT2D eigenvalue weighted by Crippen LogP contribution is -2.21. The molecule has 0 aliphatic carbocycles. The lowest BCUT2D eigenvalue weighted by molar-refractivity contribution is 0.100. The summed E-state index contributed by atoms with van der Waals surface area (Å²) in [6.07, 6.45) is 1.03. The van der Waals surface area contributed by atoms with E-state index in [1.165, 1.54) is 7.11 Å². The van der Waals surface area contributed by atoms with Gasteiger partial charge in [0.25, 0.3) is 5.91 Å². The molecule has 1 rings (SSSR count). The SMILES string of the molecule is COCC(C)Nc1sc(C(N)=O)c(N)c1S(C)(=O)=O. The number of sulfone groups is 1. The molecule has 0 bridgehead atoms. The van der Waals surface area contributed by atoms with Crippen molar-refractivity contribution >= 4 is 37.8 Å². The summed E-state index contributed by atoms with van der Waals surface area (Å²) >= 11 is 0.930. The van der Waals surface area contributed by atoms with Crippen LogP contribution < -0.4 is 16.8 Å². The van der Waals surface area contributed by atoms with E-state index in [4.69, 9.17) is 16.2 Å². The fourth-order valence-corrected chi connectivity index (χ4v) is 4.11. The summed E-state index contributed by atoms with van der Waals surface area (Å²) in [5.41, 5.74) is 10.8. The normalized spacial score (nSPS) is 13.2. The summed E-state index contributed by atoms with van der Waals surface area (Å²) in [7, 11) is -2.03. The van der Waals surface area contributed by atoms with Crippen molar-refractivity contribution in [2.75, 3.05) is 31.0 Å². The van der Waals surface area contributed by atoms with Crippen molar-refractivity contribution in [3.63, 3.8) is 0 Å². The number of thiophene rings is 1. The van der Waals surface area contributed by atoms with Crippen LogP contribution in [-0.2, 0) is 14.6 Å². The lowest BCUT2D eigenvalue weighted by atomic mass is 10.3. The average Bonchev–Trinajstić information content (AvgIpc) is 2.54. The first kappa shape index (κ1) is 15.7. The standard InChI is InChI=1S/C10H17N3O4S2/c1-5(4-17-2)13-10-8(19(3,15)16)6(11)7(18-10)9(12)14/h5,13H,4,11H2,1-3H3,(H2,12,14). The second-order valence-corrected chi connectivity index (χ2v) is 7.11. The highest BCUT2D eigenvalue weighted by molar-refractivity contribution is 7.91. The van der Waals surface area contributed by atoms with Gasteiger partial charge in [-0.05, 0) is 6.92 Å². The fraction of sp³-hybridized carbons (Fsp3) is 0.500. The van der Waals surface area contributed by atoms with Crippen LogP contribution in [0.2, 0.25) is 0 Å². The zero-order chi connectivity index (χ0) is 14.8. The van der Waals surface area contributed by atoms with E-state index < -0.39 is 15.7 Å². The Bertz CT molecular complexity index is 580. The summed E-state index contributed by atoms with van der Waals surface area (Å²) in [5.74, 6) is -0.750. The molecule has 7 nitrogen and oxygen atoms in total. The first-order valence-corrected chi connectivity index (χ1v) is 8.06. The minimum atomic E-state index is -3.56. The van der Waals surface area contributed by atoms with Gasteiger partial charge in [-0.2, -0.15) is 0 Å². The van der Waals surface area contributed by atoms with Crippen LogP contribution in [0.15, 0.2) is 4.90 Å². The summed E-state index contributed by atoms with van der Waals surface area (Å²) in [6, 6.07) is -0.135. The molecule has 0 saturated heterocycles. The quantitative estimate of drug-likeness (QED) is 0.693. The molecule has 1 atom stereocenters. The molecular formula is C10H17N3O4S2. The van der Waals surface area contributed by atoms with Crippen molar-refractivity contribution in [2.45, 2.75) is 17.9 Å². The van der Waals surface area contributed by atoms with Crippen molar-refractivity contribution in [3.05, 3.63) is 4.88 Å². The van der Waals surface area contributed by atoms with Gasteiger partial charge in [-0.3, -0.25) is 4.79 Å². The molecule has 108 valence electrons. The van der Waals surface area contributed by atoms with Crippen LogP contribution in [0.3, 0.4) is 0 Å². The van der Waals surface area contributed by atoms with E-state index in [9.17, 15) is 13.2 Å². The zero-order valence-electron chi connectivity index (χ0n) is 10.9. The monoisotopic (exact) mass is 307 g/mol. The van der Waals surface area contributed by atoms with Crippen LogP contribution in [0.25, 0.3) is 0 Å². The summed E-state index contributed by atoms with van der Waals surface area (Å²) in [5, 5.41) is 3.26. The Hall–Kier alpha value is -1.32. The number of nitrogens with one attached hydrogen (secondary N) is 1. The average molecular weight is 307 g/mol. The molecular weight excluding hydrogens is 290 g/mol. The van der Waals surface area contributed by atoms with E-state index in [2.05, 4.69) is 5.32 Å². The number of primary amides is 1. The number of rotatable bonds is 6. The molecule has 1 heterocycles. The van der Waals surface area contributed by atoms with Crippen molar-refractivity contribution in [1.29, 1.82) is 0 Å². The number of nitrogens with two attached hydrogens (primary N) is 2. The molecule has 1 amide bonds. The number of hydrogen-bond acceptors (Lipinski definition) is 7. The number of methoxy groups -OCH3 is 1. The van der Waals surface area contributed by atoms with Crippen LogP contribution in [0.5, 0.6) is 0 Å². The molecule has 0 aromatic carbocycles. The maximum absolute atomic E-state index is 11.8. The smallest absolute Gasteiger partial charge is 0.261 e. The Labute approximate surface area is 115 Å². The van der Waals surface area contributed by atoms with E-state index >= 15 is 0 Å². The van der Waals surface area contributed by atoms with Crippen molar-refractivity contribution in [3.8, 4) is 0 Å². The maximum Gasteiger partial charge on any atom is 0.261 e. The lowest BCUT2D eigenvalue weighted by Gasteiger charge is -2.13. The topological polar surface area (TPSA) is 125 Å². The molecule has 0 aliphatic rings. The third-order valence-corrected chi connectivity index (χ3v) is 4.73. The highest BCUT2D eigenvalue weighted by Crippen LogP contribution is 2.39. The highest BCUT2D eigenvalue weighted by atomic mass is 32.2. The molecule has 1 aromatic heterocycles. The zero-order valence-corrected chi connectivity index (χ0v) is 12.5. The second kappa shape index (κ2) is 5.76. The van der Waals surface area contributed by atoms with Crippen LogP contribution in [0, 0.1) is 0 Å². The van der Waals surface area contributed by atoms with Crippen molar-refractivity contribution in [2.24, 2.45) is 5.73 Å². The van der Waals surface area contributed by atoms with Crippen molar-refractivity contribution < 1.29 is 17.9 Å². The predicted molar refractivity (Wildman–Crippen MR) is 75.3 cm³/mol. The molecule has 19 heavy (non-hydrogen) atoms. The minimum absolute atomic E-state index is 0.0348. The van der Waals surface area contributed by atoms with Crippen LogP contribution in [0.4, 0.5) is 10.7 Å². The number of ether oxygens (including phenoxy) is 1. The number of carbonyl (C=O) groups excluding carboxylic acids is 1. The Kier molecular flexibility index (Phi) is 4.77. The van der Waals surface area contributed by atoms with Gasteiger partial charge in [0.15, 0.2) is 9.84 Å². The molecule has 1 aromatic rings. The third-order valence-electron chi connectivity index (χ3n) is 2.29. The van der Waals surface area contributed by atoms with Gasteiger partial charge < -0.3 is 21.5 Å². The van der Waals surface area contributed by atoms with E-state index in [-0.39, 0.29) is 21.5 Å².